The molecule has 0 bridgehead atoms. The Morgan fingerprint density at radius 2 is 2.18 bits per heavy atom. The highest BCUT2D eigenvalue weighted by Gasteiger charge is 2.11. The molecular formula is C14H20BrNO. The second kappa shape index (κ2) is 6.80. The van der Waals surface area contributed by atoms with Crippen molar-refractivity contribution in [2.45, 2.75) is 46.1 Å². The Labute approximate surface area is 112 Å². The van der Waals surface area contributed by atoms with Gasteiger partial charge in [-0.05, 0) is 38.0 Å². The summed E-state index contributed by atoms with van der Waals surface area (Å²) in [6.45, 7) is 6.17. The lowest BCUT2D eigenvalue weighted by Gasteiger charge is -2.14. The van der Waals surface area contributed by atoms with Crippen LogP contribution in [0.15, 0.2) is 22.7 Å². The minimum Gasteiger partial charge on any atom is -0.350 e. The highest BCUT2D eigenvalue weighted by molar-refractivity contribution is 9.10. The van der Waals surface area contributed by atoms with Crippen LogP contribution in [-0.4, -0.2) is 11.9 Å². The van der Waals surface area contributed by atoms with Gasteiger partial charge in [0, 0.05) is 16.1 Å². The van der Waals surface area contributed by atoms with E-state index in [0.29, 0.717) is 0 Å². The van der Waals surface area contributed by atoms with Crippen molar-refractivity contribution in [2.75, 3.05) is 0 Å². The van der Waals surface area contributed by atoms with E-state index in [4.69, 9.17) is 0 Å². The third-order valence-electron chi connectivity index (χ3n) is 2.81. The first-order valence-corrected chi connectivity index (χ1v) is 6.91. The number of halogens is 1. The predicted octanol–water partition coefficient (Wildman–Crippen LogP) is 4.07. The molecule has 17 heavy (non-hydrogen) atoms. The lowest BCUT2D eigenvalue weighted by Crippen LogP contribution is -2.32. The number of aryl methyl sites for hydroxylation is 1. The number of nitrogens with one attached hydrogen (secondary N) is 1. The van der Waals surface area contributed by atoms with Crippen LogP contribution < -0.4 is 5.32 Å². The molecule has 0 aliphatic carbocycles. The Hall–Kier alpha value is -0.830. The van der Waals surface area contributed by atoms with Crippen molar-refractivity contribution in [2.24, 2.45) is 0 Å². The van der Waals surface area contributed by atoms with Crippen molar-refractivity contribution >= 4 is 21.8 Å². The van der Waals surface area contributed by atoms with Gasteiger partial charge in [0.25, 0.3) is 5.91 Å². The zero-order valence-electron chi connectivity index (χ0n) is 10.7. The van der Waals surface area contributed by atoms with E-state index < -0.39 is 0 Å². The molecule has 0 aliphatic heterocycles. The van der Waals surface area contributed by atoms with E-state index in [0.717, 1.165) is 34.9 Å². The molecule has 0 spiro atoms. The number of benzene rings is 1. The second-order valence-corrected chi connectivity index (χ2v) is 5.39. The SMILES string of the molecule is CCCCC(C)NC(=O)c1cc(Br)ccc1C. The molecule has 1 rings (SSSR count). The fourth-order valence-corrected chi connectivity index (χ4v) is 2.08. The first-order valence-electron chi connectivity index (χ1n) is 6.11. The number of carbonyl (C=O) groups is 1. The molecule has 0 heterocycles. The topological polar surface area (TPSA) is 29.1 Å². The summed E-state index contributed by atoms with van der Waals surface area (Å²) in [6.07, 6.45) is 3.35. The summed E-state index contributed by atoms with van der Waals surface area (Å²) in [5, 5.41) is 3.04. The lowest BCUT2D eigenvalue weighted by molar-refractivity contribution is 0.0937. The van der Waals surface area contributed by atoms with Crippen LogP contribution in [0.1, 0.15) is 49.0 Å². The molecule has 1 atom stereocenters. The van der Waals surface area contributed by atoms with E-state index in [9.17, 15) is 4.79 Å². The lowest BCUT2D eigenvalue weighted by atomic mass is 10.1. The maximum absolute atomic E-state index is 12.1. The fourth-order valence-electron chi connectivity index (χ4n) is 1.72. The number of rotatable bonds is 5. The monoisotopic (exact) mass is 297 g/mol. The molecule has 2 nitrogen and oxygen atoms in total. The van der Waals surface area contributed by atoms with E-state index in [-0.39, 0.29) is 11.9 Å². The molecule has 0 aliphatic rings. The molecular weight excluding hydrogens is 278 g/mol. The minimum atomic E-state index is 0.0207. The average molecular weight is 298 g/mol. The Kier molecular flexibility index (Phi) is 5.69. The third kappa shape index (κ3) is 4.50. The van der Waals surface area contributed by atoms with Crippen molar-refractivity contribution in [3.05, 3.63) is 33.8 Å². The van der Waals surface area contributed by atoms with Crippen LogP contribution in [-0.2, 0) is 0 Å². The molecule has 1 amide bonds. The minimum absolute atomic E-state index is 0.0207. The van der Waals surface area contributed by atoms with Crippen LogP contribution in [0.3, 0.4) is 0 Å². The summed E-state index contributed by atoms with van der Waals surface area (Å²) < 4.78 is 0.939. The van der Waals surface area contributed by atoms with E-state index in [2.05, 4.69) is 35.1 Å². The zero-order valence-corrected chi connectivity index (χ0v) is 12.3. The van der Waals surface area contributed by atoms with Gasteiger partial charge >= 0.3 is 0 Å². The van der Waals surface area contributed by atoms with Crippen LogP contribution in [0.25, 0.3) is 0 Å². The van der Waals surface area contributed by atoms with Crippen molar-refractivity contribution in [3.8, 4) is 0 Å². The van der Waals surface area contributed by atoms with Gasteiger partial charge < -0.3 is 5.32 Å². The fraction of sp³-hybridized carbons (Fsp3) is 0.500. The third-order valence-corrected chi connectivity index (χ3v) is 3.31. The standard InChI is InChI=1S/C14H20BrNO/c1-4-5-6-11(3)16-14(17)13-9-12(15)8-7-10(13)2/h7-9,11H,4-6H2,1-3H3,(H,16,17). The average Bonchev–Trinajstić information content (AvgIpc) is 2.29. The number of hydrogen-bond acceptors (Lipinski definition) is 1. The normalized spacial score (nSPS) is 12.2. The van der Waals surface area contributed by atoms with Crippen LogP contribution in [0, 0.1) is 6.92 Å². The van der Waals surface area contributed by atoms with Gasteiger partial charge in [0.2, 0.25) is 0 Å². The Bertz CT molecular complexity index is 390. The highest BCUT2D eigenvalue weighted by atomic mass is 79.9. The molecule has 1 aromatic rings. The quantitative estimate of drug-likeness (QED) is 0.872. The van der Waals surface area contributed by atoms with Crippen molar-refractivity contribution in [3.63, 3.8) is 0 Å². The largest absolute Gasteiger partial charge is 0.350 e. The van der Waals surface area contributed by atoms with Crippen LogP contribution in [0.2, 0.25) is 0 Å². The summed E-state index contributed by atoms with van der Waals surface area (Å²) in [5.74, 6) is 0.0207. The molecule has 0 fully saturated rings. The highest BCUT2D eigenvalue weighted by Crippen LogP contribution is 2.16. The number of unbranched alkanes of at least 4 members (excludes halogenated alkanes) is 1. The molecule has 0 saturated heterocycles. The van der Waals surface area contributed by atoms with Crippen LogP contribution in [0.5, 0.6) is 0 Å². The first-order chi connectivity index (χ1) is 8.04. The summed E-state index contributed by atoms with van der Waals surface area (Å²) in [6, 6.07) is 6.01. The number of amides is 1. The van der Waals surface area contributed by atoms with Crippen molar-refractivity contribution in [1.82, 2.24) is 5.32 Å². The number of hydrogen-bond donors (Lipinski definition) is 1. The second-order valence-electron chi connectivity index (χ2n) is 4.48. The van der Waals surface area contributed by atoms with Crippen molar-refractivity contribution in [1.29, 1.82) is 0 Å². The van der Waals surface area contributed by atoms with Crippen LogP contribution in [0.4, 0.5) is 0 Å². The Morgan fingerprint density at radius 3 is 2.82 bits per heavy atom. The molecule has 0 radical (unpaired) electrons. The first kappa shape index (κ1) is 14.2. The molecule has 3 heteroatoms. The molecule has 94 valence electrons. The van der Waals surface area contributed by atoms with E-state index in [1.165, 1.54) is 0 Å². The maximum Gasteiger partial charge on any atom is 0.251 e. The van der Waals surface area contributed by atoms with Gasteiger partial charge in [-0.3, -0.25) is 4.79 Å². The Morgan fingerprint density at radius 1 is 1.47 bits per heavy atom. The van der Waals surface area contributed by atoms with Gasteiger partial charge in [0.05, 0.1) is 0 Å². The van der Waals surface area contributed by atoms with E-state index >= 15 is 0 Å². The van der Waals surface area contributed by atoms with E-state index in [1.807, 2.05) is 25.1 Å². The number of carbonyl (C=O) groups excluding carboxylic acids is 1. The van der Waals surface area contributed by atoms with Crippen molar-refractivity contribution < 1.29 is 4.79 Å². The molecule has 0 aromatic heterocycles. The maximum atomic E-state index is 12.1. The predicted molar refractivity (Wildman–Crippen MR) is 75.3 cm³/mol. The Balaban J connectivity index is 2.66. The molecule has 1 aromatic carbocycles. The van der Waals surface area contributed by atoms with Gasteiger partial charge in [-0.2, -0.15) is 0 Å². The molecule has 0 saturated carbocycles. The summed E-state index contributed by atoms with van der Waals surface area (Å²) in [5.41, 5.74) is 1.76. The van der Waals surface area contributed by atoms with Crippen LogP contribution >= 0.6 is 15.9 Å². The van der Waals surface area contributed by atoms with Gasteiger partial charge in [-0.1, -0.05) is 41.8 Å². The van der Waals surface area contributed by atoms with Gasteiger partial charge in [0.15, 0.2) is 0 Å². The smallest absolute Gasteiger partial charge is 0.251 e. The molecule has 1 unspecified atom stereocenters. The molecule has 1 N–H and O–H groups in total. The zero-order chi connectivity index (χ0) is 12.8. The van der Waals surface area contributed by atoms with Gasteiger partial charge in [-0.15, -0.1) is 0 Å². The van der Waals surface area contributed by atoms with E-state index in [1.54, 1.807) is 0 Å². The van der Waals surface area contributed by atoms with Gasteiger partial charge in [-0.25, -0.2) is 0 Å². The van der Waals surface area contributed by atoms with Gasteiger partial charge in [0.1, 0.15) is 0 Å². The summed E-state index contributed by atoms with van der Waals surface area (Å²) in [4.78, 5) is 12.1. The summed E-state index contributed by atoms with van der Waals surface area (Å²) in [7, 11) is 0. The summed E-state index contributed by atoms with van der Waals surface area (Å²) >= 11 is 3.39.